The Morgan fingerprint density at radius 3 is 2.55 bits per heavy atom. The Kier molecular flexibility index (Phi) is 5.73. The zero-order valence-corrected chi connectivity index (χ0v) is 18.5. The molecule has 178 valence electrons. The monoisotopic (exact) mass is 461 g/mol. The molecular formula is C22H28FN5O5. The highest BCUT2D eigenvalue weighted by molar-refractivity contribution is 5.90. The molecule has 4 heterocycles. The van der Waals surface area contributed by atoms with Crippen LogP contribution >= 0.6 is 0 Å². The molecule has 4 saturated heterocycles. The van der Waals surface area contributed by atoms with Crippen molar-refractivity contribution in [1.82, 2.24) is 15.3 Å². The number of benzene rings is 1. The summed E-state index contributed by atoms with van der Waals surface area (Å²) in [5, 5.41) is 4.07. The van der Waals surface area contributed by atoms with E-state index in [1.165, 1.54) is 23.0 Å². The van der Waals surface area contributed by atoms with Gasteiger partial charge in [-0.3, -0.25) is 14.5 Å². The molecular weight excluding hydrogens is 433 g/mol. The van der Waals surface area contributed by atoms with Crippen molar-refractivity contribution in [2.75, 3.05) is 62.2 Å². The Bertz CT molecular complexity index is 941. The van der Waals surface area contributed by atoms with E-state index in [2.05, 4.69) is 5.32 Å². The fraction of sp³-hybridized carbons (Fsp3) is 0.591. The summed E-state index contributed by atoms with van der Waals surface area (Å²) in [6, 6.07) is 4.70. The van der Waals surface area contributed by atoms with E-state index in [0.717, 1.165) is 6.42 Å². The number of hydroxylamine groups is 2. The van der Waals surface area contributed by atoms with Gasteiger partial charge in [-0.2, -0.15) is 0 Å². The summed E-state index contributed by atoms with van der Waals surface area (Å²) in [6.07, 6.45) is -0.167. The summed E-state index contributed by atoms with van der Waals surface area (Å²) >= 11 is 0. The lowest BCUT2D eigenvalue weighted by atomic mass is 10.0. The largest absolute Gasteiger partial charge is 0.442 e. The van der Waals surface area contributed by atoms with Crippen LogP contribution < -0.4 is 15.1 Å². The van der Waals surface area contributed by atoms with E-state index in [9.17, 15) is 14.4 Å². The predicted molar refractivity (Wildman–Crippen MR) is 116 cm³/mol. The lowest BCUT2D eigenvalue weighted by Crippen LogP contribution is -2.41. The summed E-state index contributed by atoms with van der Waals surface area (Å²) in [7, 11) is 0. The third-order valence-corrected chi connectivity index (χ3v) is 6.76. The molecule has 0 aliphatic carbocycles. The molecule has 3 atom stereocenters. The first-order chi connectivity index (χ1) is 15.9. The van der Waals surface area contributed by atoms with E-state index in [1.807, 2.05) is 9.80 Å². The van der Waals surface area contributed by atoms with Gasteiger partial charge >= 0.3 is 12.1 Å². The number of carbonyl (C=O) groups is 3. The predicted octanol–water partition coefficient (Wildman–Crippen LogP) is 1.41. The molecule has 0 unspecified atom stereocenters. The van der Waals surface area contributed by atoms with Gasteiger partial charge in [-0.05, 0) is 24.6 Å². The van der Waals surface area contributed by atoms with Crippen molar-refractivity contribution in [2.24, 2.45) is 11.8 Å². The number of amides is 4. The van der Waals surface area contributed by atoms with Crippen LogP contribution in [0.15, 0.2) is 18.2 Å². The molecule has 4 amide bonds. The summed E-state index contributed by atoms with van der Waals surface area (Å²) < 4.78 is 20.3. The number of fused-ring (bicyclic) bond motifs is 1. The SMILES string of the molecule is CC(=O)NC[C@H]1CN(c2ccc(N3C[C@H]4CN(C(=O)N5CCCO5)C[C@H]4C3)c(F)c2)C(=O)O1. The van der Waals surface area contributed by atoms with Crippen molar-refractivity contribution in [1.29, 1.82) is 0 Å². The Balaban J connectivity index is 1.19. The average molecular weight is 461 g/mol. The molecule has 1 aromatic rings. The number of hydrogen-bond acceptors (Lipinski definition) is 6. The van der Waals surface area contributed by atoms with Crippen LogP contribution in [0.2, 0.25) is 0 Å². The third-order valence-electron chi connectivity index (χ3n) is 6.76. The summed E-state index contributed by atoms with van der Waals surface area (Å²) in [4.78, 5) is 46.5. The number of hydrogen-bond donors (Lipinski definition) is 1. The van der Waals surface area contributed by atoms with Crippen molar-refractivity contribution in [3.8, 4) is 0 Å². The summed E-state index contributed by atoms with van der Waals surface area (Å²) in [6.45, 7) is 5.73. The van der Waals surface area contributed by atoms with Gasteiger partial charge in [0.2, 0.25) is 5.91 Å². The maximum Gasteiger partial charge on any atom is 0.414 e. The van der Waals surface area contributed by atoms with Crippen LogP contribution in [-0.2, 0) is 14.4 Å². The number of likely N-dealkylation sites (tertiary alicyclic amines) is 1. The molecule has 0 spiro atoms. The number of nitrogens with one attached hydrogen (secondary N) is 1. The van der Waals surface area contributed by atoms with Crippen molar-refractivity contribution in [2.45, 2.75) is 19.4 Å². The Hall–Kier alpha value is -3.08. The summed E-state index contributed by atoms with van der Waals surface area (Å²) in [5.74, 6) is -0.0198. The van der Waals surface area contributed by atoms with E-state index >= 15 is 4.39 Å². The molecule has 11 heteroatoms. The highest BCUT2D eigenvalue weighted by atomic mass is 19.1. The maximum atomic E-state index is 15.1. The second kappa shape index (κ2) is 8.69. The Morgan fingerprint density at radius 1 is 1.15 bits per heavy atom. The lowest BCUT2D eigenvalue weighted by Gasteiger charge is -2.26. The van der Waals surface area contributed by atoms with E-state index < -0.39 is 18.0 Å². The highest BCUT2D eigenvalue weighted by Crippen LogP contribution is 2.36. The molecule has 4 aliphatic rings. The van der Waals surface area contributed by atoms with Gasteiger partial charge in [0, 0.05) is 44.9 Å². The first kappa shape index (κ1) is 21.7. The van der Waals surface area contributed by atoms with Crippen LogP contribution in [0.25, 0.3) is 0 Å². The van der Waals surface area contributed by atoms with Crippen molar-refractivity contribution in [3.05, 3.63) is 24.0 Å². The number of rotatable bonds is 4. The molecule has 4 fully saturated rings. The van der Waals surface area contributed by atoms with Gasteiger partial charge < -0.3 is 19.9 Å². The number of halogens is 1. The van der Waals surface area contributed by atoms with Gasteiger partial charge in [-0.1, -0.05) is 0 Å². The van der Waals surface area contributed by atoms with Crippen molar-refractivity contribution >= 4 is 29.4 Å². The highest BCUT2D eigenvalue weighted by Gasteiger charge is 2.43. The zero-order valence-electron chi connectivity index (χ0n) is 18.5. The fourth-order valence-electron chi connectivity index (χ4n) is 5.12. The van der Waals surface area contributed by atoms with Gasteiger partial charge in [-0.15, -0.1) is 0 Å². The minimum atomic E-state index is -0.556. The lowest BCUT2D eigenvalue weighted by molar-refractivity contribution is -0.119. The minimum absolute atomic E-state index is 0.0710. The van der Waals surface area contributed by atoms with Crippen LogP contribution in [0.4, 0.5) is 25.4 Å². The zero-order chi connectivity index (χ0) is 23.1. The van der Waals surface area contributed by atoms with Crippen LogP contribution in [0.3, 0.4) is 0 Å². The second-order valence-corrected chi connectivity index (χ2v) is 9.09. The quantitative estimate of drug-likeness (QED) is 0.729. The Morgan fingerprint density at radius 2 is 1.91 bits per heavy atom. The third kappa shape index (κ3) is 4.29. The normalized spacial score (nSPS) is 26.7. The molecule has 0 bridgehead atoms. The molecule has 10 nitrogen and oxygen atoms in total. The van der Waals surface area contributed by atoms with E-state index in [4.69, 9.17) is 9.57 Å². The van der Waals surface area contributed by atoms with Crippen molar-refractivity contribution in [3.63, 3.8) is 0 Å². The average Bonchev–Trinajstić information content (AvgIpc) is 3.55. The molecule has 0 aromatic heterocycles. The number of anilines is 2. The van der Waals surface area contributed by atoms with Crippen LogP contribution in [0.1, 0.15) is 13.3 Å². The van der Waals surface area contributed by atoms with Gasteiger partial charge in [0.25, 0.3) is 0 Å². The standard InChI is InChI=1S/C22H28FN5O5/c1-14(29)24-8-18-13-27(22(31)33-18)17-3-4-20(19(23)7-17)25-9-15-11-26(12-16(15)10-25)21(30)28-5-2-6-32-28/h3-4,7,15-16,18H,2,5-6,8-13H2,1H3,(H,24,29)/t15-,16+,18-/m0/s1. The van der Waals surface area contributed by atoms with E-state index in [1.54, 1.807) is 12.1 Å². The Labute approximate surface area is 191 Å². The van der Waals surface area contributed by atoms with E-state index in [-0.39, 0.29) is 25.0 Å². The molecule has 33 heavy (non-hydrogen) atoms. The number of nitrogens with zero attached hydrogens (tertiary/aromatic N) is 4. The molecule has 1 aromatic carbocycles. The van der Waals surface area contributed by atoms with E-state index in [0.29, 0.717) is 62.5 Å². The van der Waals surface area contributed by atoms with Gasteiger partial charge in [-0.25, -0.2) is 19.0 Å². The molecule has 0 saturated carbocycles. The minimum Gasteiger partial charge on any atom is -0.442 e. The number of urea groups is 1. The number of ether oxygens (including phenoxy) is 1. The van der Waals surface area contributed by atoms with Crippen molar-refractivity contribution < 1.29 is 28.3 Å². The number of carbonyl (C=O) groups excluding carboxylic acids is 3. The van der Waals surface area contributed by atoms with Crippen LogP contribution in [0, 0.1) is 17.7 Å². The smallest absolute Gasteiger partial charge is 0.414 e. The van der Waals surface area contributed by atoms with Gasteiger partial charge in [0.1, 0.15) is 11.9 Å². The van der Waals surface area contributed by atoms with Gasteiger partial charge in [0.05, 0.1) is 37.6 Å². The first-order valence-corrected chi connectivity index (χ1v) is 11.4. The maximum absolute atomic E-state index is 15.1. The second-order valence-electron chi connectivity index (χ2n) is 9.09. The topological polar surface area (TPSA) is 94.7 Å². The molecule has 4 aliphatic heterocycles. The first-order valence-electron chi connectivity index (χ1n) is 11.4. The summed E-state index contributed by atoms with van der Waals surface area (Å²) in [5.41, 5.74) is 0.921. The number of cyclic esters (lactones) is 1. The van der Waals surface area contributed by atoms with Crippen LogP contribution in [-0.4, -0.2) is 86.5 Å². The molecule has 5 rings (SSSR count). The molecule has 1 N–H and O–H groups in total. The molecule has 0 radical (unpaired) electrons. The fourth-order valence-corrected chi connectivity index (χ4v) is 5.12. The van der Waals surface area contributed by atoms with Gasteiger partial charge in [0.15, 0.2) is 0 Å². The van der Waals surface area contributed by atoms with Crippen LogP contribution in [0.5, 0.6) is 0 Å².